The Hall–Kier alpha value is -1.09. The highest BCUT2D eigenvalue weighted by Crippen LogP contribution is 2.07. The van der Waals surface area contributed by atoms with Crippen LogP contribution in [0.3, 0.4) is 0 Å². The van der Waals surface area contributed by atoms with Crippen LogP contribution in [0.15, 0.2) is 18.0 Å². The molecule has 72 valence electrons. The fourth-order valence-electron chi connectivity index (χ4n) is 1.02. The summed E-state index contributed by atoms with van der Waals surface area (Å²) in [6.07, 6.45) is 5.95. The van der Waals surface area contributed by atoms with Gasteiger partial charge in [-0.05, 0) is 20.8 Å². The van der Waals surface area contributed by atoms with E-state index in [-0.39, 0.29) is 6.04 Å². The van der Waals surface area contributed by atoms with Crippen LogP contribution < -0.4 is 5.73 Å². The monoisotopic (exact) mass is 179 g/mol. The van der Waals surface area contributed by atoms with E-state index in [2.05, 4.69) is 18.1 Å². The van der Waals surface area contributed by atoms with Crippen LogP contribution in [0.1, 0.15) is 26.3 Å². The molecule has 0 aliphatic carbocycles. The standard InChI is InChI=1S/C10H17N3/c1-4-13-7-10(6-12-13)5-8(2)9(3)11/h5-7,9H,4,11H2,1-3H3/b8-5-. The van der Waals surface area contributed by atoms with Gasteiger partial charge in [0.1, 0.15) is 0 Å². The van der Waals surface area contributed by atoms with E-state index in [1.807, 2.05) is 30.9 Å². The molecule has 0 fully saturated rings. The average Bonchev–Trinajstić information content (AvgIpc) is 2.52. The molecule has 0 saturated heterocycles. The van der Waals surface area contributed by atoms with Crippen molar-refractivity contribution in [1.82, 2.24) is 9.78 Å². The minimum Gasteiger partial charge on any atom is -0.324 e. The number of nitrogens with zero attached hydrogens (tertiary/aromatic N) is 2. The molecule has 0 bridgehead atoms. The molecule has 1 rings (SSSR count). The zero-order chi connectivity index (χ0) is 9.84. The molecular formula is C10H17N3. The predicted octanol–water partition coefficient (Wildman–Crippen LogP) is 1.65. The number of nitrogens with two attached hydrogens (primary N) is 1. The van der Waals surface area contributed by atoms with Crippen LogP contribution in [0.4, 0.5) is 0 Å². The zero-order valence-corrected chi connectivity index (χ0v) is 8.49. The van der Waals surface area contributed by atoms with Gasteiger partial charge in [0, 0.05) is 24.3 Å². The van der Waals surface area contributed by atoms with Gasteiger partial charge in [-0.2, -0.15) is 5.10 Å². The van der Waals surface area contributed by atoms with Gasteiger partial charge in [-0.25, -0.2) is 0 Å². The third-order valence-corrected chi connectivity index (χ3v) is 2.09. The topological polar surface area (TPSA) is 43.8 Å². The van der Waals surface area contributed by atoms with Gasteiger partial charge in [-0.3, -0.25) is 4.68 Å². The average molecular weight is 179 g/mol. The molecule has 0 aliphatic rings. The lowest BCUT2D eigenvalue weighted by atomic mass is 10.1. The Labute approximate surface area is 79.2 Å². The van der Waals surface area contributed by atoms with E-state index in [9.17, 15) is 0 Å². The minimum absolute atomic E-state index is 0.116. The van der Waals surface area contributed by atoms with Crippen molar-refractivity contribution in [3.63, 3.8) is 0 Å². The van der Waals surface area contributed by atoms with Gasteiger partial charge in [-0.1, -0.05) is 11.6 Å². The third-order valence-electron chi connectivity index (χ3n) is 2.09. The maximum Gasteiger partial charge on any atom is 0.0562 e. The Kier molecular flexibility index (Phi) is 3.25. The summed E-state index contributed by atoms with van der Waals surface area (Å²) in [5.74, 6) is 0. The Morgan fingerprint density at radius 1 is 1.77 bits per heavy atom. The Morgan fingerprint density at radius 3 is 2.92 bits per heavy atom. The van der Waals surface area contributed by atoms with Gasteiger partial charge in [0.05, 0.1) is 6.20 Å². The minimum atomic E-state index is 0.116. The third kappa shape index (κ3) is 2.70. The molecule has 0 saturated carbocycles. The fraction of sp³-hybridized carbons (Fsp3) is 0.500. The molecule has 1 aromatic heterocycles. The molecule has 0 amide bonds. The number of aromatic nitrogens is 2. The summed E-state index contributed by atoms with van der Waals surface area (Å²) < 4.78 is 1.90. The van der Waals surface area contributed by atoms with E-state index in [0.29, 0.717) is 0 Å². The van der Waals surface area contributed by atoms with Gasteiger partial charge in [0.15, 0.2) is 0 Å². The van der Waals surface area contributed by atoms with Crippen molar-refractivity contribution in [3.8, 4) is 0 Å². The summed E-state index contributed by atoms with van der Waals surface area (Å²) in [5.41, 5.74) is 8.03. The van der Waals surface area contributed by atoms with Crippen LogP contribution in [0.2, 0.25) is 0 Å². The first kappa shape index (κ1) is 9.99. The highest BCUT2D eigenvalue weighted by molar-refractivity contribution is 5.51. The molecule has 0 aliphatic heterocycles. The second-order valence-electron chi connectivity index (χ2n) is 3.31. The van der Waals surface area contributed by atoms with Gasteiger partial charge in [-0.15, -0.1) is 0 Å². The van der Waals surface area contributed by atoms with Crippen LogP contribution in [-0.2, 0) is 6.54 Å². The van der Waals surface area contributed by atoms with E-state index in [1.165, 1.54) is 5.57 Å². The lowest BCUT2D eigenvalue weighted by Gasteiger charge is -2.03. The molecule has 1 unspecified atom stereocenters. The van der Waals surface area contributed by atoms with Crippen molar-refractivity contribution >= 4 is 6.08 Å². The molecule has 0 radical (unpaired) electrons. The molecule has 1 heterocycles. The number of hydrogen-bond donors (Lipinski definition) is 1. The van der Waals surface area contributed by atoms with E-state index in [0.717, 1.165) is 12.1 Å². The lowest BCUT2D eigenvalue weighted by Crippen LogP contribution is -2.15. The summed E-state index contributed by atoms with van der Waals surface area (Å²) in [6, 6.07) is 0.116. The van der Waals surface area contributed by atoms with Crippen LogP contribution >= 0.6 is 0 Å². The van der Waals surface area contributed by atoms with E-state index >= 15 is 0 Å². The first-order valence-electron chi connectivity index (χ1n) is 4.59. The normalized spacial score (nSPS) is 14.6. The van der Waals surface area contributed by atoms with Crippen LogP contribution in [0, 0.1) is 0 Å². The first-order valence-corrected chi connectivity index (χ1v) is 4.59. The van der Waals surface area contributed by atoms with E-state index in [1.54, 1.807) is 0 Å². The molecule has 0 spiro atoms. The fourth-order valence-corrected chi connectivity index (χ4v) is 1.02. The molecule has 0 aromatic carbocycles. The van der Waals surface area contributed by atoms with Crippen molar-refractivity contribution in [2.24, 2.45) is 5.73 Å². The summed E-state index contributed by atoms with van der Waals surface area (Å²) in [7, 11) is 0. The van der Waals surface area contributed by atoms with Crippen molar-refractivity contribution in [2.75, 3.05) is 0 Å². The largest absolute Gasteiger partial charge is 0.324 e. The Balaban J connectivity index is 2.79. The summed E-state index contributed by atoms with van der Waals surface area (Å²) in [4.78, 5) is 0. The lowest BCUT2D eigenvalue weighted by molar-refractivity contribution is 0.660. The summed E-state index contributed by atoms with van der Waals surface area (Å²) in [5, 5.41) is 4.18. The quantitative estimate of drug-likeness (QED) is 0.766. The highest BCUT2D eigenvalue weighted by Gasteiger charge is 1.98. The van der Waals surface area contributed by atoms with Gasteiger partial charge in [0.25, 0.3) is 0 Å². The van der Waals surface area contributed by atoms with E-state index in [4.69, 9.17) is 5.73 Å². The summed E-state index contributed by atoms with van der Waals surface area (Å²) in [6.45, 7) is 6.99. The molecular weight excluding hydrogens is 162 g/mol. The molecule has 1 atom stereocenters. The SMILES string of the molecule is CCn1cc(/C=C(/C)C(C)N)cn1. The van der Waals surface area contributed by atoms with Gasteiger partial charge < -0.3 is 5.73 Å². The van der Waals surface area contributed by atoms with Crippen molar-refractivity contribution in [3.05, 3.63) is 23.5 Å². The van der Waals surface area contributed by atoms with Gasteiger partial charge in [0.2, 0.25) is 0 Å². The number of hydrogen-bond acceptors (Lipinski definition) is 2. The second kappa shape index (κ2) is 4.23. The number of aryl methyl sites for hydroxylation is 1. The predicted molar refractivity (Wildman–Crippen MR) is 55.2 cm³/mol. The smallest absolute Gasteiger partial charge is 0.0562 e. The second-order valence-corrected chi connectivity index (χ2v) is 3.31. The van der Waals surface area contributed by atoms with Crippen LogP contribution in [0.25, 0.3) is 6.08 Å². The van der Waals surface area contributed by atoms with Gasteiger partial charge >= 0.3 is 0 Å². The highest BCUT2D eigenvalue weighted by atomic mass is 15.3. The molecule has 1 aromatic rings. The molecule has 13 heavy (non-hydrogen) atoms. The number of rotatable bonds is 3. The maximum absolute atomic E-state index is 5.73. The Morgan fingerprint density at radius 2 is 2.46 bits per heavy atom. The van der Waals surface area contributed by atoms with Crippen LogP contribution in [0.5, 0.6) is 0 Å². The van der Waals surface area contributed by atoms with Crippen LogP contribution in [-0.4, -0.2) is 15.8 Å². The Bertz CT molecular complexity index is 297. The molecule has 3 heteroatoms. The molecule has 2 N–H and O–H groups in total. The van der Waals surface area contributed by atoms with Crippen molar-refractivity contribution in [1.29, 1.82) is 0 Å². The molecule has 3 nitrogen and oxygen atoms in total. The zero-order valence-electron chi connectivity index (χ0n) is 8.49. The van der Waals surface area contributed by atoms with E-state index < -0.39 is 0 Å². The first-order chi connectivity index (χ1) is 6.13. The maximum atomic E-state index is 5.73. The van der Waals surface area contributed by atoms with Crippen molar-refractivity contribution < 1.29 is 0 Å². The summed E-state index contributed by atoms with van der Waals surface area (Å²) >= 11 is 0. The van der Waals surface area contributed by atoms with Crippen molar-refractivity contribution in [2.45, 2.75) is 33.4 Å².